The largest absolute Gasteiger partial charge is 0.385 e. The van der Waals surface area contributed by atoms with Gasteiger partial charge in [0.05, 0.1) is 5.60 Å². The number of halogens is 3. The Balaban J connectivity index is 0.000000264. The van der Waals surface area contributed by atoms with Crippen LogP contribution in [0.25, 0.3) is 0 Å². The van der Waals surface area contributed by atoms with Crippen molar-refractivity contribution in [2.75, 3.05) is 0 Å². The summed E-state index contributed by atoms with van der Waals surface area (Å²) in [7, 11) is -0.892. The van der Waals surface area contributed by atoms with Gasteiger partial charge in [-0.2, -0.15) is 0 Å². The Labute approximate surface area is 305 Å². The monoisotopic (exact) mass is 878 g/mol. The van der Waals surface area contributed by atoms with Gasteiger partial charge in [-0.3, -0.25) is 5.26 Å². The molecule has 0 atom stereocenters. The van der Waals surface area contributed by atoms with Gasteiger partial charge in [-0.05, 0) is 68.4 Å². The molecule has 0 aliphatic rings. The van der Waals surface area contributed by atoms with Gasteiger partial charge in [0.15, 0.2) is 6.68 Å². The van der Waals surface area contributed by atoms with Crippen LogP contribution in [0.3, 0.4) is 0 Å². The van der Waals surface area contributed by atoms with Gasteiger partial charge in [0.1, 0.15) is 0 Å². The van der Waals surface area contributed by atoms with Crippen LogP contribution in [-0.2, 0) is 26.0 Å². The average Bonchev–Trinajstić information content (AvgIpc) is 3.11. The topological polar surface area (TPSA) is 29.5 Å². The first-order valence-corrected chi connectivity index (χ1v) is 17.9. The maximum Gasteiger partial charge on any atom is 0.154 e. The molecule has 1 N–H and O–H groups in total. The van der Waals surface area contributed by atoms with Crippen molar-refractivity contribution in [2.24, 2.45) is 0 Å². The summed E-state index contributed by atoms with van der Waals surface area (Å²) in [6.07, 6.45) is 0. The molecular weight excluding hydrogens is 838 g/mol. The van der Waals surface area contributed by atoms with Gasteiger partial charge in [-0.1, -0.05) is 182 Å². The van der Waals surface area contributed by atoms with E-state index in [1.54, 1.807) is 20.8 Å². The molecule has 6 aromatic carbocycles. The zero-order valence-electron chi connectivity index (χ0n) is 27.5. The summed E-state index contributed by atoms with van der Waals surface area (Å²) in [5.41, 5.74) is -0.403. The molecule has 0 saturated carbocycles. The summed E-state index contributed by atoms with van der Waals surface area (Å²) >= 11 is 0. The molecule has 49 heavy (non-hydrogen) atoms. The Morgan fingerprint density at radius 1 is 0.408 bits per heavy atom. The molecule has 6 rings (SSSR count). The first-order chi connectivity index (χ1) is 23.2. The normalized spacial score (nSPS) is 10.4. The van der Waals surface area contributed by atoms with Gasteiger partial charge >= 0.3 is 0 Å². The minimum absolute atomic E-state index is 0. The zero-order valence-corrected chi connectivity index (χ0v) is 31.6. The Morgan fingerprint density at radius 3 is 0.633 bits per heavy atom. The van der Waals surface area contributed by atoms with Crippen molar-refractivity contribution in [3.05, 3.63) is 189 Å². The zero-order chi connectivity index (χ0) is 34.6. The first-order valence-electron chi connectivity index (χ1n) is 15.3. The van der Waals surface area contributed by atoms with Gasteiger partial charge in [-0.25, -0.2) is 4.89 Å². The van der Waals surface area contributed by atoms with E-state index in [-0.39, 0.29) is 21.1 Å². The van der Waals surface area contributed by atoms with Crippen molar-refractivity contribution >= 4 is 47.7 Å². The fourth-order valence-corrected chi connectivity index (χ4v) is 8.97. The van der Waals surface area contributed by atoms with Gasteiger partial charge in [-0.15, -0.1) is 0 Å². The number of hydrogen-bond donors (Lipinski definition) is 1. The SMILES string of the molecule is CC(C)(C)OO.F[C-](F)F.[Pt].c1ccc(P(c2ccccc2)c2ccccc2)cc1.c1ccc(P(c2ccccc2)c2ccccc2)cc1. The fraction of sp³-hybridized carbons (Fsp3) is 0.0976. The van der Waals surface area contributed by atoms with E-state index in [9.17, 15) is 13.2 Å². The van der Waals surface area contributed by atoms with E-state index < -0.39 is 28.1 Å². The Bertz CT molecular complexity index is 1350. The Morgan fingerprint density at radius 2 is 0.531 bits per heavy atom. The molecule has 0 unspecified atom stereocenters. The standard InChI is InChI=1S/2C18H15P.C4H10O2.CF3.Pt/c2*1-4-10-16(11-5-1)19(17-12-6-2-7-13-17)18-14-8-3-9-15-18;1-4(2,3)6-5;2-1(3)4;/h2*1-15H;5H,1-3H3;;/q;;;-1;. The van der Waals surface area contributed by atoms with Crippen molar-refractivity contribution < 1.29 is 44.4 Å². The van der Waals surface area contributed by atoms with E-state index in [2.05, 4.69) is 187 Å². The van der Waals surface area contributed by atoms with Crippen molar-refractivity contribution in [1.82, 2.24) is 0 Å². The third-order valence-corrected chi connectivity index (χ3v) is 11.2. The fourth-order valence-electron chi connectivity index (χ4n) is 4.36. The van der Waals surface area contributed by atoms with Crippen LogP contribution in [-0.4, -0.2) is 10.9 Å². The molecule has 0 saturated heterocycles. The molecule has 0 heterocycles. The predicted molar refractivity (Wildman–Crippen MR) is 200 cm³/mol. The molecule has 258 valence electrons. The van der Waals surface area contributed by atoms with E-state index in [0.717, 1.165) is 0 Å². The molecule has 0 spiro atoms. The van der Waals surface area contributed by atoms with Crippen LogP contribution in [0.5, 0.6) is 0 Å². The second kappa shape index (κ2) is 23.1. The molecule has 0 fully saturated rings. The van der Waals surface area contributed by atoms with Crippen LogP contribution < -0.4 is 31.8 Å². The minimum Gasteiger partial charge on any atom is -0.385 e. The van der Waals surface area contributed by atoms with Crippen LogP contribution in [0.4, 0.5) is 13.2 Å². The van der Waals surface area contributed by atoms with Crippen LogP contribution in [0.15, 0.2) is 182 Å². The smallest absolute Gasteiger partial charge is 0.154 e. The number of rotatable bonds is 6. The quantitative estimate of drug-likeness (QED) is 0.0783. The molecular formula is C41H40F3O2P2Pt-. The third kappa shape index (κ3) is 15.8. The summed E-state index contributed by atoms with van der Waals surface area (Å²) in [5.74, 6) is 0. The minimum atomic E-state index is -3.08. The Kier molecular flexibility index (Phi) is 19.7. The summed E-state index contributed by atoms with van der Waals surface area (Å²) in [4.78, 5) is 3.94. The van der Waals surface area contributed by atoms with Crippen LogP contribution in [0.1, 0.15) is 20.8 Å². The maximum absolute atomic E-state index is 9.58. The molecule has 2 nitrogen and oxygen atoms in total. The first kappa shape index (κ1) is 41.7. The van der Waals surface area contributed by atoms with E-state index in [4.69, 9.17) is 5.26 Å². The van der Waals surface area contributed by atoms with Crippen molar-refractivity contribution in [1.29, 1.82) is 0 Å². The maximum atomic E-state index is 9.58. The summed E-state index contributed by atoms with van der Waals surface area (Å²) < 4.78 is 28.8. The van der Waals surface area contributed by atoms with Gasteiger partial charge in [0, 0.05) is 21.1 Å². The van der Waals surface area contributed by atoms with E-state index >= 15 is 0 Å². The molecule has 6 aromatic rings. The Hall–Kier alpha value is -3.42. The van der Waals surface area contributed by atoms with Crippen LogP contribution in [0.2, 0.25) is 0 Å². The number of benzene rings is 6. The predicted octanol–water partition coefficient (Wildman–Crippen LogP) is 9.50. The average molecular weight is 879 g/mol. The van der Waals surface area contributed by atoms with Crippen molar-refractivity contribution in [2.45, 2.75) is 26.4 Å². The second-order valence-corrected chi connectivity index (χ2v) is 15.5. The molecule has 0 aliphatic heterocycles. The molecule has 8 heteroatoms. The summed E-state index contributed by atoms with van der Waals surface area (Å²) in [6.45, 7) is 2.23. The van der Waals surface area contributed by atoms with Crippen LogP contribution >= 0.6 is 15.8 Å². The van der Waals surface area contributed by atoms with Crippen molar-refractivity contribution in [3.8, 4) is 0 Å². The van der Waals surface area contributed by atoms with Gasteiger partial charge < -0.3 is 13.2 Å². The summed E-state index contributed by atoms with van der Waals surface area (Å²) in [6, 6.07) is 64.7. The summed E-state index contributed by atoms with van der Waals surface area (Å²) in [5, 5.41) is 16.3. The molecule has 0 radical (unpaired) electrons. The van der Waals surface area contributed by atoms with E-state index in [1.165, 1.54) is 31.8 Å². The van der Waals surface area contributed by atoms with E-state index in [0.29, 0.717) is 0 Å². The van der Waals surface area contributed by atoms with Crippen LogP contribution in [0, 0.1) is 6.68 Å². The van der Waals surface area contributed by atoms with E-state index in [1.807, 2.05) is 0 Å². The molecule has 0 aliphatic carbocycles. The van der Waals surface area contributed by atoms with Gasteiger partial charge in [0.25, 0.3) is 0 Å². The molecule has 0 bridgehead atoms. The molecule has 0 amide bonds. The van der Waals surface area contributed by atoms with Gasteiger partial charge in [0.2, 0.25) is 0 Å². The molecule has 0 aromatic heterocycles. The third-order valence-electron chi connectivity index (χ3n) is 6.36. The number of hydrogen-bond acceptors (Lipinski definition) is 2. The second-order valence-electron chi connectivity index (χ2n) is 11.1. The van der Waals surface area contributed by atoms with Crippen molar-refractivity contribution in [3.63, 3.8) is 0 Å².